The van der Waals surface area contributed by atoms with Crippen LogP contribution in [0, 0.1) is 5.92 Å². The molecule has 1 saturated heterocycles. The minimum atomic E-state index is -0.109. The molecule has 0 aromatic carbocycles. The molecule has 19 heavy (non-hydrogen) atoms. The molecule has 0 bridgehead atoms. The Hall–Kier alpha value is -0.570. The Morgan fingerprint density at radius 2 is 2.00 bits per heavy atom. The summed E-state index contributed by atoms with van der Waals surface area (Å²) < 4.78 is 0. The summed E-state index contributed by atoms with van der Waals surface area (Å²) in [5.41, 5.74) is 5.46. The largest absolute Gasteiger partial charge is 0.369 e. The molecule has 2 atom stereocenters. The average Bonchev–Trinajstić information content (AvgIpc) is 2.43. The molecule has 1 rings (SSSR count). The predicted octanol–water partition coefficient (Wildman–Crippen LogP) is 3.32. The summed E-state index contributed by atoms with van der Waals surface area (Å²) >= 11 is 0. The highest BCUT2D eigenvalue weighted by Crippen LogP contribution is 2.22. The van der Waals surface area contributed by atoms with Crippen LogP contribution < -0.4 is 5.73 Å². The van der Waals surface area contributed by atoms with Crippen LogP contribution in [0.25, 0.3) is 0 Å². The first-order chi connectivity index (χ1) is 9.19. The van der Waals surface area contributed by atoms with E-state index >= 15 is 0 Å². The van der Waals surface area contributed by atoms with Crippen molar-refractivity contribution >= 4 is 5.91 Å². The van der Waals surface area contributed by atoms with E-state index in [1.165, 1.54) is 44.9 Å². The number of nitrogens with zero attached hydrogens (tertiary/aromatic N) is 1. The number of hydrogen-bond acceptors (Lipinski definition) is 2. The van der Waals surface area contributed by atoms with Gasteiger partial charge in [0.05, 0.1) is 5.92 Å². The molecule has 1 aliphatic rings. The molecule has 112 valence electrons. The first kappa shape index (κ1) is 16.5. The first-order valence-corrected chi connectivity index (χ1v) is 8.22. The summed E-state index contributed by atoms with van der Waals surface area (Å²) in [7, 11) is 0. The van der Waals surface area contributed by atoms with E-state index in [0.717, 1.165) is 25.9 Å². The second-order valence-corrected chi connectivity index (χ2v) is 6.00. The van der Waals surface area contributed by atoms with Crippen LogP contribution in [0.1, 0.15) is 71.6 Å². The number of hydrogen-bond donors (Lipinski definition) is 1. The van der Waals surface area contributed by atoms with E-state index in [1.807, 2.05) is 0 Å². The molecular formula is C16H32N2O. The van der Waals surface area contributed by atoms with E-state index in [0.29, 0.717) is 6.04 Å². The van der Waals surface area contributed by atoms with Crippen molar-refractivity contribution in [1.82, 2.24) is 4.90 Å². The topological polar surface area (TPSA) is 46.3 Å². The second-order valence-electron chi connectivity index (χ2n) is 6.00. The molecule has 0 spiro atoms. The Labute approximate surface area is 118 Å². The average molecular weight is 268 g/mol. The Bertz CT molecular complexity index is 255. The van der Waals surface area contributed by atoms with Crippen LogP contribution in [0.4, 0.5) is 0 Å². The normalized spacial score (nSPS) is 22.3. The van der Waals surface area contributed by atoms with E-state index in [1.54, 1.807) is 0 Å². The third-order valence-electron chi connectivity index (χ3n) is 4.48. The van der Waals surface area contributed by atoms with Crippen LogP contribution in [0.5, 0.6) is 0 Å². The lowest BCUT2D eigenvalue weighted by Crippen LogP contribution is -2.46. The van der Waals surface area contributed by atoms with E-state index in [2.05, 4.69) is 18.7 Å². The van der Waals surface area contributed by atoms with Crippen molar-refractivity contribution in [2.45, 2.75) is 77.7 Å². The van der Waals surface area contributed by atoms with Crippen LogP contribution in [0.2, 0.25) is 0 Å². The fourth-order valence-corrected chi connectivity index (χ4v) is 3.20. The molecule has 1 heterocycles. The number of carbonyl (C=O) groups excluding carboxylic acids is 1. The smallest absolute Gasteiger partial charge is 0.221 e. The monoisotopic (exact) mass is 268 g/mol. The van der Waals surface area contributed by atoms with Gasteiger partial charge in [0, 0.05) is 12.6 Å². The Kier molecular flexibility index (Phi) is 8.11. The number of likely N-dealkylation sites (tertiary alicyclic amines) is 1. The van der Waals surface area contributed by atoms with Gasteiger partial charge in [-0.25, -0.2) is 0 Å². The van der Waals surface area contributed by atoms with Gasteiger partial charge in [-0.2, -0.15) is 0 Å². The Balaban J connectivity index is 2.30. The fourth-order valence-electron chi connectivity index (χ4n) is 3.20. The maximum absolute atomic E-state index is 11.3. The molecule has 0 aromatic heterocycles. The van der Waals surface area contributed by atoms with Gasteiger partial charge in [0.1, 0.15) is 0 Å². The number of amides is 1. The molecule has 3 heteroatoms. The Morgan fingerprint density at radius 3 is 2.63 bits per heavy atom. The summed E-state index contributed by atoms with van der Waals surface area (Å²) in [5.74, 6) is -0.0228. The summed E-state index contributed by atoms with van der Waals surface area (Å²) in [6, 6.07) is 0.656. The standard InChI is InChI=1S/C16H32N2O/c1-3-5-6-7-8-11-15(4-2)18-12-9-10-14(13-18)16(17)19/h14-15H,3-13H2,1-2H3,(H2,17,19). The SMILES string of the molecule is CCCCCCCC(CC)N1CCCC(C(N)=O)C1. The van der Waals surface area contributed by atoms with E-state index < -0.39 is 0 Å². The lowest BCUT2D eigenvalue weighted by atomic mass is 9.94. The highest BCUT2D eigenvalue weighted by atomic mass is 16.1. The molecular weight excluding hydrogens is 236 g/mol. The van der Waals surface area contributed by atoms with Crippen LogP contribution in [0.3, 0.4) is 0 Å². The molecule has 1 fully saturated rings. The number of primary amides is 1. The van der Waals surface area contributed by atoms with Gasteiger partial charge in [0.2, 0.25) is 5.91 Å². The first-order valence-electron chi connectivity index (χ1n) is 8.22. The minimum Gasteiger partial charge on any atom is -0.369 e. The summed E-state index contributed by atoms with van der Waals surface area (Å²) in [6.07, 6.45) is 11.3. The van der Waals surface area contributed by atoms with Crippen LogP contribution in [-0.2, 0) is 4.79 Å². The van der Waals surface area contributed by atoms with Gasteiger partial charge >= 0.3 is 0 Å². The number of piperidine rings is 1. The van der Waals surface area contributed by atoms with Crippen LogP contribution in [-0.4, -0.2) is 29.9 Å². The maximum atomic E-state index is 11.3. The molecule has 0 saturated carbocycles. The fraction of sp³-hybridized carbons (Fsp3) is 0.938. The predicted molar refractivity (Wildman–Crippen MR) is 80.9 cm³/mol. The van der Waals surface area contributed by atoms with Crippen molar-refractivity contribution in [3.8, 4) is 0 Å². The molecule has 0 aliphatic carbocycles. The van der Waals surface area contributed by atoms with Crippen molar-refractivity contribution < 1.29 is 4.79 Å². The van der Waals surface area contributed by atoms with Crippen molar-refractivity contribution in [3.63, 3.8) is 0 Å². The maximum Gasteiger partial charge on any atom is 0.221 e. The Morgan fingerprint density at radius 1 is 1.26 bits per heavy atom. The number of carbonyl (C=O) groups is 1. The molecule has 3 nitrogen and oxygen atoms in total. The molecule has 0 radical (unpaired) electrons. The third kappa shape index (κ3) is 5.94. The summed E-state index contributed by atoms with van der Waals surface area (Å²) in [5, 5.41) is 0. The van der Waals surface area contributed by atoms with Gasteiger partial charge in [-0.15, -0.1) is 0 Å². The van der Waals surface area contributed by atoms with Crippen molar-refractivity contribution in [2.24, 2.45) is 11.7 Å². The highest BCUT2D eigenvalue weighted by Gasteiger charge is 2.27. The molecule has 1 amide bonds. The zero-order chi connectivity index (χ0) is 14.1. The van der Waals surface area contributed by atoms with Gasteiger partial charge in [-0.05, 0) is 32.2 Å². The number of unbranched alkanes of at least 4 members (excludes halogenated alkanes) is 4. The molecule has 2 N–H and O–H groups in total. The number of nitrogens with two attached hydrogens (primary N) is 1. The van der Waals surface area contributed by atoms with Crippen molar-refractivity contribution in [3.05, 3.63) is 0 Å². The van der Waals surface area contributed by atoms with Gasteiger partial charge in [0.25, 0.3) is 0 Å². The van der Waals surface area contributed by atoms with Crippen molar-refractivity contribution in [1.29, 1.82) is 0 Å². The van der Waals surface area contributed by atoms with Gasteiger partial charge in [0.15, 0.2) is 0 Å². The number of rotatable bonds is 9. The third-order valence-corrected chi connectivity index (χ3v) is 4.48. The minimum absolute atomic E-state index is 0.0860. The van der Waals surface area contributed by atoms with Gasteiger partial charge in [-0.3, -0.25) is 9.69 Å². The molecule has 1 aliphatic heterocycles. The van der Waals surface area contributed by atoms with Gasteiger partial charge in [-0.1, -0.05) is 46.0 Å². The zero-order valence-electron chi connectivity index (χ0n) is 12.9. The van der Waals surface area contributed by atoms with Crippen LogP contribution >= 0.6 is 0 Å². The highest BCUT2D eigenvalue weighted by molar-refractivity contribution is 5.76. The quantitative estimate of drug-likeness (QED) is 0.652. The van der Waals surface area contributed by atoms with Gasteiger partial charge < -0.3 is 5.73 Å². The summed E-state index contributed by atoms with van der Waals surface area (Å²) in [6.45, 7) is 6.57. The lowest BCUT2D eigenvalue weighted by molar-refractivity contribution is -0.123. The van der Waals surface area contributed by atoms with E-state index in [9.17, 15) is 4.79 Å². The lowest BCUT2D eigenvalue weighted by Gasteiger charge is -2.37. The van der Waals surface area contributed by atoms with E-state index in [4.69, 9.17) is 5.73 Å². The summed E-state index contributed by atoms with van der Waals surface area (Å²) in [4.78, 5) is 13.9. The zero-order valence-corrected chi connectivity index (χ0v) is 12.9. The second kappa shape index (κ2) is 9.35. The molecule has 0 aromatic rings. The van der Waals surface area contributed by atoms with Crippen molar-refractivity contribution in [2.75, 3.05) is 13.1 Å². The molecule has 2 unspecified atom stereocenters. The van der Waals surface area contributed by atoms with E-state index in [-0.39, 0.29) is 11.8 Å². The van der Waals surface area contributed by atoms with Crippen LogP contribution in [0.15, 0.2) is 0 Å².